The standard InChI is InChI=1S/C27H27FN4O5/c1-13-18(27(35)31-12-21(33)14(31)2)11-32-25(13)22(8-9-29-32)37-16-4-5-17-23(10-16)36-15(3)24(17)26(34)30-20-7-6-19(20)28/h4-5,8-11,14,19-21,33H,6-7,12H2,1-3H3,(H,30,34)/t14-,19-,20+,21+/m1/s1. The molecule has 37 heavy (non-hydrogen) atoms. The van der Waals surface area contributed by atoms with Gasteiger partial charge in [-0.15, -0.1) is 0 Å². The van der Waals surface area contributed by atoms with Crippen LogP contribution in [-0.4, -0.2) is 62.3 Å². The molecule has 0 bridgehead atoms. The highest BCUT2D eigenvalue weighted by molar-refractivity contribution is 6.07. The molecule has 6 rings (SSSR count). The molecule has 2 aliphatic rings. The van der Waals surface area contributed by atoms with Gasteiger partial charge in [0, 0.05) is 30.3 Å². The summed E-state index contributed by atoms with van der Waals surface area (Å²) in [7, 11) is 0. The van der Waals surface area contributed by atoms with Gasteiger partial charge in [0.05, 0.1) is 35.5 Å². The molecule has 1 aliphatic carbocycles. The minimum Gasteiger partial charge on any atom is -0.460 e. The monoisotopic (exact) mass is 506 g/mol. The number of ether oxygens (including phenoxy) is 1. The molecule has 2 N–H and O–H groups in total. The molecule has 4 aromatic rings. The van der Waals surface area contributed by atoms with Crippen molar-refractivity contribution in [3.05, 3.63) is 59.1 Å². The van der Waals surface area contributed by atoms with Crippen LogP contribution in [0.4, 0.5) is 4.39 Å². The highest BCUT2D eigenvalue weighted by atomic mass is 19.1. The van der Waals surface area contributed by atoms with Gasteiger partial charge in [-0.2, -0.15) is 5.10 Å². The van der Waals surface area contributed by atoms with E-state index in [9.17, 15) is 19.1 Å². The number of likely N-dealkylation sites (tertiary alicyclic amines) is 1. The predicted octanol–water partition coefficient (Wildman–Crippen LogP) is 3.93. The molecule has 1 saturated carbocycles. The van der Waals surface area contributed by atoms with Gasteiger partial charge in [-0.25, -0.2) is 8.91 Å². The maximum atomic E-state index is 13.6. The van der Waals surface area contributed by atoms with Crippen LogP contribution in [0.15, 0.2) is 41.1 Å². The summed E-state index contributed by atoms with van der Waals surface area (Å²) in [5, 5.41) is 17.5. The molecule has 0 radical (unpaired) electrons. The lowest BCUT2D eigenvalue weighted by Gasteiger charge is -2.43. The second-order valence-corrected chi connectivity index (χ2v) is 9.89. The summed E-state index contributed by atoms with van der Waals surface area (Å²) < 4.78 is 27.3. The van der Waals surface area contributed by atoms with E-state index in [0.717, 1.165) is 5.56 Å². The fourth-order valence-electron chi connectivity index (χ4n) is 5.07. The van der Waals surface area contributed by atoms with E-state index in [0.29, 0.717) is 64.3 Å². The average Bonchev–Trinajstić information content (AvgIpc) is 3.40. The molecule has 1 aromatic carbocycles. The van der Waals surface area contributed by atoms with Crippen LogP contribution in [-0.2, 0) is 0 Å². The fraction of sp³-hybridized carbons (Fsp3) is 0.370. The number of hydrogen-bond donors (Lipinski definition) is 2. The molecular formula is C27H27FN4O5. The van der Waals surface area contributed by atoms with Gasteiger partial charge in [0.1, 0.15) is 28.8 Å². The zero-order valence-electron chi connectivity index (χ0n) is 20.7. The zero-order chi connectivity index (χ0) is 26.0. The molecule has 2 amide bonds. The Morgan fingerprint density at radius 3 is 2.73 bits per heavy atom. The topological polar surface area (TPSA) is 109 Å². The summed E-state index contributed by atoms with van der Waals surface area (Å²) in [6.45, 7) is 5.67. The smallest absolute Gasteiger partial charge is 0.256 e. The first-order valence-electron chi connectivity index (χ1n) is 12.3. The second kappa shape index (κ2) is 8.58. The Morgan fingerprint density at radius 2 is 2.05 bits per heavy atom. The van der Waals surface area contributed by atoms with Crippen molar-refractivity contribution in [1.29, 1.82) is 0 Å². The lowest BCUT2D eigenvalue weighted by atomic mass is 9.90. The van der Waals surface area contributed by atoms with Crippen LogP contribution >= 0.6 is 0 Å². The number of aliphatic hydroxyl groups is 1. The minimum atomic E-state index is -1.01. The highest BCUT2D eigenvalue weighted by Crippen LogP contribution is 2.35. The number of amides is 2. The fourth-order valence-corrected chi connectivity index (χ4v) is 5.07. The molecule has 4 heterocycles. The van der Waals surface area contributed by atoms with Gasteiger partial charge in [-0.05, 0) is 51.3 Å². The van der Waals surface area contributed by atoms with Crippen LogP contribution in [0.1, 0.15) is 51.8 Å². The summed E-state index contributed by atoms with van der Waals surface area (Å²) in [5.74, 6) is 0.922. The van der Waals surface area contributed by atoms with Crippen molar-refractivity contribution in [2.75, 3.05) is 6.54 Å². The average molecular weight is 507 g/mol. The Balaban J connectivity index is 1.29. The van der Waals surface area contributed by atoms with E-state index in [2.05, 4.69) is 10.4 Å². The minimum absolute atomic E-state index is 0.161. The number of furan rings is 1. The van der Waals surface area contributed by atoms with Gasteiger partial charge in [0.25, 0.3) is 11.8 Å². The van der Waals surface area contributed by atoms with Crippen molar-refractivity contribution < 1.29 is 28.2 Å². The van der Waals surface area contributed by atoms with Crippen LogP contribution in [0, 0.1) is 13.8 Å². The first-order chi connectivity index (χ1) is 17.7. The molecule has 9 nitrogen and oxygen atoms in total. The van der Waals surface area contributed by atoms with Crippen molar-refractivity contribution in [2.24, 2.45) is 0 Å². The number of carbonyl (C=O) groups excluding carboxylic acids is 2. The van der Waals surface area contributed by atoms with E-state index in [-0.39, 0.29) is 17.9 Å². The Kier molecular flexibility index (Phi) is 5.45. The summed E-state index contributed by atoms with van der Waals surface area (Å²) in [5.41, 5.74) is 2.73. The number of aromatic nitrogens is 2. The van der Waals surface area contributed by atoms with Crippen LogP contribution in [0.25, 0.3) is 16.5 Å². The Hall–Kier alpha value is -3.92. The van der Waals surface area contributed by atoms with Gasteiger partial charge in [-0.1, -0.05) is 0 Å². The van der Waals surface area contributed by atoms with E-state index < -0.39 is 18.3 Å². The molecule has 0 unspecified atom stereocenters. The molecule has 3 aromatic heterocycles. The van der Waals surface area contributed by atoms with Crippen LogP contribution < -0.4 is 10.1 Å². The third-order valence-electron chi connectivity index (χ3n) is 7.61. The molecule has 2 fully saturated rings. The maximum Gasteiger partial charge on any atom is 0.256 e. The second-order valence-electron chi connectivity index (χ2n) is 9.89. The number of halogens is 1. The van der Waals surface area contributed by atoms with Crippen LogP contribution in [0.2, 0.25) is 0 Å². The molecule has 1 saturated heterocycles. The normalized spacial score (nSPS) is 23.1. The lowest BCUT2D eigenvalue weighted by Crippen LogP contribution is -2.60. The van der Waals surface area contributed by atoms with Gasteiger partial charge >= 0.3 is 0 Å². The van der Waals surface area contributed by atoms with Gasteiger partial charge in [0.15, 0.2) is 5.75 Å². The SMILES string of the molecule is Cc1oc2cc(Oc3ccnn4cc(C(=O)N5C[C@H](O)[C@H]5C)c(C)c34)ccc2c1C(=O)N[C@H]1CC[C@H]1F. The summed E-state index contributed by atoms with van der Waals surface area (Å²) >= 11 is 0. The molecule has 1 aliphatic heterocycles. The maximum absolute atomic E-state index is 13.6. The zero-order valence-corrected chi connectivity index (χ0v) is 20.7. The molecule has 4 atom stereocenters. The molecule has 10 heteroatoms. The number of nitrogens with zero attached hydrogens (tertiary/aromatic N) is 3. The molecular weight excluding hydrogens is 479 g/mol. The number of nitrogens with one attached hydrogen (secondary N) is 1. The van der Waals surface area contributed by atoms with E-state index >= 15 is 0 Å². The summed E-state index contributed by atoms with van der Waals surface area (Å²) in [6.07, 6.45) is 2.84. The Morgan fingerprint density at radius 1 is 1.24 bits per heavy atom. The Labute approximate surface area is 211 Å². The summed E-state index contributed by atoms with van der Waals surface area (Å²) in [4.78, 5) is 27.5. The number of carbonyl (C=O) groups is 2. The number of alkyl halides is 1. The van der Waals surface area contributed by atoms with Gasteiger partial charge in [-0.3, -0.25) is 9.59 Å². The third kappa shape index (κ3) is 3.74. The van der Waals surface area contributed by atoms with Crippen LogP contribution in [0.3, 0.4) is 0 Å². The number of fused-ring (bicyclic) bond motifs is 2. The van der Waals surface area contributed by atoms with Crippen molar-refractivity contribution in [3.63, 3.8) is 0 Å². The quantitative estimate of drug-likeness (QED) is 0.425. The highest BCUT2D eigenvalue weighted by Gasteiger charge is 2.39. The van der Waals surface area contributed by atoms with E-state index in [1.54, 1.807) is 53.0 Å². The molecule has 192 valence electrons. The third-order valence-corrected chi connectivity index (χ3v) is 7.61. The lowest BCUT2D eigenvalue weighted by molar-refractivity contribution is -0.0357. The predicted molar refractivity (Wildman–Crippen MR) is 133 cm³/mol. The largest absolute Gasteiger partial charge is 0.460 e. The van der Waals surface area contributed by atoms with E-state index in [1.807, 2.05) is 13.8 Å². The number of hydrogen-bond acceptors (Lipinski definition) is 6. The number of benzene rings is 1. The molecule has 0 spiro atoms. The van der Waals surface area contributed by atoms with Crippen LogP contribution in [0.5, 0.6) is 11.5 Å². The number of β-amino-alcohol motifs (C(OH)–C–C–N with tert-alkyl or cyclic N) is 1. The van der Waals surface area contributed by atoms with E-state index in [4.69, 9.17) is 9.15 Å². The van der Waals surface area contributed by atoms with Gasteiger partial charge in [0.2, 0.25) is 0 Å². The first-order valence-corrected chi connectivity index (χ1v) is 12.3. The number of rotatable bonds is 5. The summed E-state index contributed by atoms with van der Waals surface area (Å²) in [6, 6.07) is 6.21. The van der Waals surface area contributed by atoms with Crippen molar-refractivity contribution in [2.45, 2.75) is 58.0 Å². The van der Waals surface area contributed by atoms with Crippen molar-refractivity contribution in [1.82, 2.24) is 19.8 Å². The number of aliphatic hydroxyl groups excluding tert-OH is 1. The van der Waals surface area contributed by atoms with Crippen molar-refractivity contribution >= 4 is 28.3 Å². The van der Waals surface area contributed by atoms with E-state index in [1.165, 1.54) is 0 Å². The van der Waals surface area contributed by atoms with Crippen molar-refractivity contribution in [3.8, 4) is 11.5 Å². The Bertz CT molecular complexity index is 1560. The van der Waals surface area contributed by atoms with Gasteiger partial charge < -0.3 is 24.5 Å². The first kappa shape index (κ1) is 23.5. The number of aryl methyl sites for hydroxylation is 2.